The van der Waals surface area contributed by atoms with Gasteiger partial charge in [-0.1, -0.05) is 36.4 Å². The predicted molar refractivity (Wildman–Crippen MR) is 66.6 cm³/mol. The first-order valence-corrected chi connectivity index (χ1v) is 5.83. The zero-order valence-corrected chi connectivity index (χ0v) is 10.0. The lowest BCUT2D eigenvalue weighted by molar-refractivity contribution is -0.141. The van der Waals surface area contributed by atoms with E-state index in [1.165, 1.54) is 11.0 Å². The largest absolute Gasteiger partial charge is 0.363 e. The summed E-state index contributed by atoms with van der Waals surface area (Å²) in [6, 6.07) is 9.57. The van der Waals surface area contributed by atoms with Crippen molar-refractivity contribution < 1.29 is 14.3 Å². The van der Waals surface area contributed by atoms with Gasteiger partial charge in [0.25, 0.3) is 5.91 Å². The highest BCUT2D eigenvalue weighted by molar-refractivity contribution is 6.05. The fourth-order valence-corrected chi connectivity index (χ4v) is 1.87. The maximum absolute atomic E-state index is 11.9. The third-order valence-electron chi connectivity index (χ3n) is 2.81. The number of carbonyl (C=O) groups excluding carboxylic acids is 2. The Morgan fingerprint density at radius 2 is 2.06 bits per heavy atom. The molecule has 4 heteroatoms. The number of amides is 2. The first-order chi connectivity index (χ1) is 8.72. The minimum atomic E-state index is -0.655. The fraction of sp³-hybridized carbons (Fsp3) is 0.286. The van der Waals surface area contributed by atoms with Gasteiger partial charge in [-0.3, -0.25) is 14.5 Å². The molecule has 0 unspecified atom stereocenters. The van der Waals surface area contributed by atoms with Crippen LogP contribution in [0.4, 0.5) is 0 Å². The monoisotopic (exact) mass is 245 g/mol. The van der Waals surface area contributed by atoms with Gasteiger partial charge in [-0.05, 0) is 5.56 Å². The molecule has 2 rings (SSSR count). The van der Waals surface area contributed by atoms with Crippen LogP contribution in [0.25, 0.3) is 0 Å². The van der Waals surface area contributed by atoms with E-state index in [9.17, 15) is 9.59 Å². The maximum Gasteiger partial charge on any atom is 0.259 e. The van der Waals surface area contributed by atoms with E-state index in [2.05, 4.69) is 6.58 Å². The molecule has 0 bridgehead atoms. The van der Waals surface area contributed by atoms with Crippen LogP contribution < -0.4 is 0 Å². The average molecular weight is 245 g/mol. The highest BCUT2D eigenvalue weighted by Gasteiger charge is 2.38. The number of nitrogens with zero attached hydrogens (tertiary/aromatic N) is 1. The number of ether oxygens (including phenoxy) is 1. The second kappa shape index (κ2) is 5.60. The Bertz CT molecular complexity index is 455. The van der Waals surface area contributed by atoms with E-state index >= 15 is 0 Å². The summed E-state index contributed by atoms with van der Waals surface area (Å²) >= 11 is 0. The lowest BCUT2D eigenvalue weighted by Crippen LogP contribution is -2.32. The van der Waals surface area contributed by atoms with Crippen molar-refractivity contribution in [3.8, 4) is 0 Å². The van der Waals surface area contributed by atoms with Crippen LogP contribution in [0.5, 0.6) is 0 Å². The zero-order valence-electron chi connectivity index (χ0n) is 10.0. The molecule has 0 saturated carbocycles. The van der Waals surface area contributed by atoms with Gasteiger partial charge < -0.3 is 4.74 Å². The van der Waals surface area contributed by atoms with E-state index in [1.54, 1.807) is 0 Å². The summed E-state index contributed by atoms with van der Waals surface area (Å²) in [7, 11) is 0. The minimum Gasteiger partial charge on any atom is -0.363 e. The van der Waals surface area contributed by atoms with Gasteiger partial charge in [0.1, 0.15) is 6.10 Å². The van der Waals surface area contributed by atoms with Gasteiger partial charge in [-0.2, -0.15) is 0 Å². The molecule has 0 radical (unpaired) electrons. The summed E-state index contributed by atoms with van der Waals surface area (Å²) in [5, 5.41) is 0. The molecule has 4 nitrogen and oxygen atoms in total. The van der Waals surface area contributed by atoms with E-state index in [-0.39, 0.29) is 24.8 Å². The summed E-state index contributed by atoms with van der Waals surface area (Å²) in [6.07, 6.45) is 1.01. The molecule has 1 heterocycles. The molecule has 1 aromatic carbocycles. The predicted octanol–water partition coefficient (Wildman–Crippen LogP) is 1.52. The van der Waals surface area contributed by atoms with E-state index in [0.717, 1.165) is 5.56 Å². The van der Waals surface area contributed by atoms with E-state index in [1.807, 2.05) is 30.3 Å². The molecule has 1 aliphatic heterocycles. The van der Waals surface area contributed by atoms with Gasteiger partial charge in [0.05, 0.1) is 13.0 Å². The molecule has 1 saturated heterocycles. The van der Waals surface area contributed by atoms with Crippen molar-refractivity contribution in [2.45, 2.75) is 19.1 Å². The smallest absolute Gasteiger partial charge is 0.259 e. The van der Waals surface area contributed by atoms with Crippen molar-refractivity contribution in [1.82, 2.24) is 4.90 Å². The molecule has 94 valence electrons. The maximum atomic E-state index is 11.9. The molecule has 1 aromatic rings. The van der Waals surface area contributed by atoms with E-state index in [4.69, 9.17) is 4.74 Å². The highest BCUT2D eigenvalue weighted by Crippen LogP contribution is 2.17. The number of carbonyl (C=O) groups is 2. The Morgan fingerprint density at radius 3 is 2.72 bits per heavy atom. The van der Waals surface area contributed by atoms with Crippen molar-refractivity contribution in [3.05, 3.63) is 48.6 Å². The number of rotatable bonds is 5. The molecule has 0 aliphatic carbocycles. The molecular formula is C14H15NO3. The minimum absolute atomic E-state index is 0.125. The van der Waals surface area contributed by atoms with Crippen molar-refractivity contribution in [2.24, 2.45) is 0 Å². The Morgan fingerprint density at radius 1 is 1.33 bits per heavy atom. The highest BCUT2D eigenvalue weighted by atomic mass is 16.5. The number of likely N-dealkylation sites (tertiary alicyclic amines) is 1. The van der Waals surface area contributed by atoms with Gasteiger partial charge in [0, 0.05) is 6.54 Å². The van der Waals surface area contributed by atoms with Gasteiger partial charge in [0.2, 0.25) is 5.91 Å². The molecular weight excluding hydrogens is 230 g/mol. The molecule has 2 amide bonds. The standard InChI is InChI=1S/C14H15NO3/c1-2-8-15-13(16)9-12(14(15)17)18-10-11-6-4-3-5-7-11/h2-7,12H,1,8-10H2/t12-/m0/s1. The number of benzene rings is 1. The Labute approximate surface area is 106 Å². The van der Waals surface area contributed by atoms with Crippen LogP contribution in [-0.4, -0.2) is 29.4 Å². The molecule has 18 heavy (non-hydrogen) atoms. The Hall–Kier alpha value is -1.94. The van der Waals surface area contributed by atoms with Crippen LogP contribution in [0.3, 0.4) is 0 Å². The summed E-state index contributed by atoms with van der Waals surface area (Å²) in [4.78, 5) is 24.6. The quantitative estimate of drug-likeness (QED) is 0.583. The number of hydrogen-bond acceptors (Lipinski definition) is 3. The van der Waals surface area contributed by atoms with Crippen molar-refractivity contribution in [1.29, 1.82) is 0 Å². The van der Waals surface area contributed by atoms with Crippen LogP contribution >= 0.6 is 0 Å². The van der Waals surface area contributed by atoms with E-state index < -0.39 is 6.10 Å². The molecule has 0 spiro atoms. The summed E-state index contributed by atoms with van der Waals surface area (Å²) < 4.78 is 5.50. The zero-order chi connectivity index (χ0) is 13.0. The van der Waals surface area contributed by atoms with Crippen molar-refractivity contribution in [3.63, 3.8) is 0 Å². The lowest BCUT2D eigenvalue weighted by atomic mass is 10.2. The molecule has 0 N–H and O–H groups in total. The van der Waals surface area contributed by atoms with E-state index in [0.29, 0.717) is 6.61 Å². The normalized spacial score (nSPS) is 19.3. The third kappa shape index (κ3) is 2.65. The Kier molecular flexibility index (Phi) is 3.89. The number of imide groups is 1. The fourth-order valence-electron chi connectivity index (χ4n) is 1.87. The average Bonchev–Trinajstić information content (AvgIpc) is 2.66. The number of hydrogen-bond donors (Lipinski definition) is 0. The van der Waals surface area contributed by atoms with Crippen LogP contribution in [0.2, 0.25) is 0 Å². The first-order valence-electron chi connectivity index (χ1n) is 5.83. The Balaban J connectivity index is 1.93. The summed E-state index contributed by atoms with van der Waals surface area (Å²) in [5.41, 5.74) is 0.986. The van der Waals surface area contributed by atoms with Crippen LogP contribution in [0.1, 0.15) is 12.0 Å². The van der Waals surface area contributed by atoms with Gasteiger partial charge >= 0.3 is 0 Å². The molecule has 1 atom stereocenters. The summed E-state index contributed by atoms with van der Waals surface area (Å²) in [6.45, 7) is 4.12. The van der Waals surface area contributed by atoms with Gasteiger partial charge in [-0.15, -0.1) is 6.58 Å². The van der Waals surface area contributed by atoms with Crippen LogP contribution in [-0.2, 0) is 20.9 Å². The first kappa shape index (κ1) is 12.5. The van der Waals surface area contributed by atoms with Crippen molar-refractivity contribution >= 4 is 11.8 Å². The SMILES string of the molecule is C=CCN1C(=O)C[C@H](OCc2ccccc2)C1=O. The molecule has 0 aromatic heterocycles. The van der Waals surface area contributed by atoms with Crippen molar-refractivity contribution in [2.75, 3.05) is 6.54 Å². The molecule has 1 aliphatic rings. The molecule has 1 fully saturated rings. The second-order valence-corrected chi connectivity index (χ2v) is 4.12. The third-order valence-corrected chi connectivity index (χ3v) is 2.81. The van der Waals surface area contributed by atoms with Gasteiger partial charge in [0.15, 0.2) is 0 Å². The van der Waals surface area contributed by atoms with Crippen LogP contribution in [0, 0.1) is 0 Å². The second-order valence-electron chi connectivity index (χ2n) is 4.12. The van der Waals surface area contributed by atoms with Gasteiger partial charge in [-0.25, -0.2) is 0 Å². The summed E-state index contributed by atoms with van der Waals surface area (Å²) in [5.74, 6) is -0.464. The topological polar surface area (TPSA) is 46.6 Å². The lowest BCUT2D eigenvalue weighted by Gasteiger charge is -2.12. The van der Waals surface area contributed by atoms with Crippen LogP contribution in [0.15, 0.2) is 43.0 Å².